The lowest BCUT2D eigenvalue weighted by Gasteiger charge is -2.44. The lowest BCUT2D eigenvalue weighted by Crippen LogP contribution is -2.56. The monoisotopic (exact) mass is 692 g/mol. The molecule has 0 radical (unpaired) electrons. The third-order valence-corrected chi connectivity index (χ3v) is 9.72. The van der Waals surface area contributed by atoms with E-state index in [0.29, 0.717) is 45.4 Å². The first-order valence-electron chi connectivity index (χ1n) is 15.7. The smallest absolute Gasteiger partial charge is 0.235 e. The molecule has 3 aromatic rings. The molecule has 4 atom stereocenters. The Morgan fingerprint density at radius 1 is 0.978 bits per heavy atom. The van der Waals surface area contributed by atoms with Gasteiger partial charge in [0.2, 0.25) is 11.8 Å². The first-order chi connectivity index (χ1) is 21.7. The fourth-order valence-corrected chi connectivity index (χ4v) is 6.73. The van der Waals surface area contributed by atoms with Crippen LogP contribution in [0.2, 0.25) is 0 Å². The number of benzene rings is 3. The second kappa shape index (κ2) is 14.4. The molecule has 0 aromatic heterocycles. The van der Waals surface area contributed by atoms with Crippen molar-refractivity contribution >= 4 is 44.9 Å². The summed E-state index contributed by atoms with van der Waals surface area (Å²) in [6.45, 7) is 13.9. The number of hydrogen-bond donors (Lipinski definition) is 3. The van der Waals surface area contributed by atoms with Gasteiger partial charge >= 0.3 is 0 Å². The van der Waals surface area contributed by atoms with Crippen LogP contribution in [0.25, 0.3) is 0 Å². The predicted octanol–water partition coefficient (Wildman–Crippen LogP) is 7.43. The summed E-state index contributed by atoms with van der Waals surface area (Å²) < 4.78 is 12.4. The van der Waals surface area contributed by atoms with E-state index >= 15 is 0 Å². The van der Waals surface area contributed by atoms with Gasteiger partial charge in [-0.3, -0.25) is 14.4 Å². The highest BCUT2D eigenvalue weighted by atomic mass is 79.9. The fraction of sp³-hybridized carbons (Fsp3) is 0.432. The summed E-state index contributed by atoms with van der Waals surface area (Å²) in [4.78, 5) is 42.3. The van der Waals surface area contributed by atoms with Crippen molar-refractivity contribution in [2.45, 2.75) is 72.8 Å². The fourth-order valence-electron chi connectivity index (χ4n) is 6.15. The summed E-state index contributed by atoms with van der Waals surface area (Å²) in [6, 6.07) is 14.6. The van der Waals surface area contributed by atoms with Crippen molar-refractivity contribution in [3.63, 3.8) is 0 Å². The van der Waals surface area contributed by atoms with Crippen molar-refractivity contribution in [3.8, 4) is 11.5 Å². The molecular weight excluding hydrogens is 648 g/mol. The molecule has 0 aliphatic heterocycles. The molecule has 4 rings (SSSR count). The van der Waals surface area contributed by atoms with Gasteiger partial charge in [-0.1, -0.05) is 38.1 Å². The van der Waals surface area contributed by atoms with Crippen molar-refractivity contribution in [1.82, 2.24) is 0 Å². The third-order valence-electron chi connectivity index (χ3n) is 9.14. The quantitative estimate of drug-likeness (QED) is 0.191. The zero-order valence-electron chi connectivity index (χ0n) is 27.9. The van der Waals surface area contributed by atoms with Crippen LogP contribution in [0, 0.1) is 45.4 Å². The van der Waals surface area contributed by atoms with E-state index in [-0.39, 0.29) is 6.42 Å². The Morgan fingerprint density at radius 3 is 2.09 bits per heavy atom. The number of halogens is 1. The zero-order chi connectivity index (χ0) is 33.9. The Labute approximate surface area is 280 Å². The number of methoxy groups -OCH3 is 1. The highest BCUT2D eigenvalue weighted by Gasteiger charge is 2.56. The largest absolute Gasteiger partial charge is 0.493 e. The van der Waals surface area contributed by atoms with Gasteiger partial charge in [0.05, 0.1) is 29.7 Å². The number of ketones is 1. The number of carbonyl (C=O) groups is 3. The van der Waals surface area contributed by atoms with Crippen LogP contribution < -0.4 is 20.1 Å². The van der Waals surface area contributed by atoms with Crippen LogP contribution in [0.1, 0.15) is 67.3 Å². The maximum Gasteiger partial charge on any atom is 0.235 e. The SMILES string of the molecule is COc1cc(C2C(C(=O)Nc3cccc(C)c3C)C(=O)CC(C)(O)C2C(=O)Nc2cccc(C)c2C)cc(Br)c1OCCC(C)C. The molecule has 46 heavy (non-hydrogen) atoms. The van der Waals surface area contributed by atoms with E-state index in [1.807, 2.05) is 52.0 Å². The summed E-state index contributed by atoms with van der Waals surface area (Å²) in [7, 11) is 1.51. The molecule has 3 aromatic carbocycles. The van der Waals surface area contributed by atoms with E-state index in [1.165, 1.54) is 14.0 Å². The Morgan fingerprint density at radius 2 is 1.54 bits per heavy atom. The lowest BCUT2D eigenvalue weighted by atomic mass is 9.61. The number of anilines is 2. The predicted molar refractivity (Wildman–Crippen MR) is 185 cm³/mol. The number of rotatable bonds is 10. The van der Waals surface area contributed by atoms with Crippen LogP contribution in [0.3, 0.4) is 0 Å². The molecule has 1 fully saturated rings. The zero-order valence-corrected chi connectivity index (χ0v) is 29.5. The van der Waals surface area contributed by atoms with Crippen molar-refractivity contribution in [2.24, 2.45) is 17.8 Å². The molecule has 1 aliphatic rings. The molecule has 2 amide bonds. The number of hydrogen-bond acceptors (Lipinski definition) is 6. The lowest BCUT2D eigenvalue weighted by molar-refractivity contribution is -0.150. The number of Topliss-reactive ketones (excluding diaryl/α,β-unsaturated/α-hetero) is 1. The Bertz CT molecular complexity index is 1630. The van der Waals surface area contributed by atoms with Gasteiger partial charge in [0, 0.05) is 23.7 Å². The van der Waals surface area contributed by atoms with E-state index < -0.39 is 41.0 Å². The molecule has 0 spiro atoms. The summed E-state index contributed by atoms with van der Waals surface area (Å²) in [5, 5.41) is 17.8. The average Bonchev–Trinajstić information content (AvgIpc) is 2.97. The van der Waals surface area contributed by atoms with Crippen molar-refractivity contribution in [2.75, 3.05) is 24.4 Å². The van der Waals surface area contributed by atoms with E-state index in [1.54, 1.807) is 24.3 Å². The average molecular weight is 694 g/mol. The molecule has 3 N–H and O–H groups in total. The number of aryl methyl sites for hydroxylation is 2. The molecule has 1 saturated carbocycles. The standard InChI is InChI=1S/C37H45BrN2O6/c1-20(2)15-16-46-34-26(38)17-25(18-30(34)45-8)31-32(35(42)39-27-13-9-11-21(3)23(27)5)29(41)19-37(7,44)33(31)36(43)40-28-14-10-12-22(4)24(28)6/h9-14,17-18,20,31-33,44H,15-16,19H2,1-8H3,(H,39,42)(H,40,43). The van der Waals surface area contributed by atoms with Gasteiger partial charge in [-0.25, -0.2) is 0 Å². The van der Waals surface area contributed by atoms with Crippen LogP contribution in [0.15, 0.2) is 53.0 Å². The van der Waals surface area contributed by atoms with Gasteiger partial charge in [0.1, 0.15) is 11.7 Å². The van der Waals surface area contributed by atoms with Crippen LogP contribution in [0.4, 0.5) is 11.4 Å². The Balaban J connectivity index is 1.86. The normalized spacial score (nSPS) is 21.2. The first kappa shape index (κ1) is 35.2. The van der Waals surface area contributed by atoms with E-state index in [4.69, 9.17) is 9.47 Å². The van der Waals surface area contributed by atoms with Crippen molar-refractivity contribution in [3.05, 3.63) is 80.8 Å². The molecule has 0 saturated heterocycles. The van der Waals surface area contributed by atoms with Gasteiger partial charge < -0.3 is 25.2 Å². The minimum Gasteiger partial charge on any atom is -0.493 e. The molecule has 1 aliphatic carbocycles. The summed E-state index contributed by atoms with van der Waals surface area (Å²) in [5.74, 6) is -3.69. The van der Waals surface area contributed by atoms with E-state index in [2.05, 4.69) is 40.4 Å². The van der Waals surface area contributed by atoms with Gasteiger partial charge in [-0.15, -0.1) is 0 Å². The number of carbonyl (C=O) groups excluding carboxylic acids is 3. The van der Waals surface area contributed by atoms with Crippen LogP contribution in [-0.2, 0) is 14.4 Å². The van der Waals surface area contributed by atoms with E-state index in [0.717, 1.165) is 28.7 Å². The highest BCUT2D eigenvalue weighted by molar-refractivity contribution is 9.10. The second-order valence-corrected chi connectivity index (χ2v) is 13.9. The first-order valence-corrected chi connectivity index (χ1v) is 16.4. The third kappa shape index (κ3) is 7.47. The molecule has 0 heterocycles. The molecule has 9 heteroatoms. The maximum atomic E-state index is 14.3. The van der Waals surface area contributed by atoms with Crippen molar-refractivity contribution in [1.29, 1.82) is 0 Å². The number of amides is 2. The van der Waals surface area contributed by atoms with Gasteiger partial charge in [0.25, 0.3) is 0 Å². The number of aliphatic hydroxyl groups is 1. The maximum absolute atomic E-state index is 14.3. The molecule has 0 bridgehead atoms. The topological polar surface area (TPSA) is 114 Å². The summed E-state index contributed by atoms with van der Waals surface area (Å²) >= 11 is 3.62. The van der Waals surface area contributed by atoms with E-state index in [9.17, 15) is 19.5 Å². The summed E-state index contributed by atoms with van der Waals surface area (Å²) in [5.41, 5.74) is 3.64. The molecule has 246 valence electrons. The summed E-state index contributed by atoms with van der Waals surface area (Å²) in [6.07, 6.45) is 0.465. The van der Waals surface area contributed by atoms with Crippen LogP contribution in [0.5, 0.6) is 11.5 Å². The minimum absolute atomic E-state index is 0.367. The highest BCUT2D eigenvalue weighted by Crippen LogP contribution is 2.49. The second-order valence-electron chi connectivity index (χ2n) is 13.0. The van der Waals surface area contributed by atoms with Crippen LogP contribution >= 0.6 is 15.9 Å². The van der Waals surface area contributed by atoms with Crippen molar-refractivity contribution < 1.29 is 29.0 Å². The van der Waals surface area contributed by atoms with Gasteiger partial charge in [-0.05, 0) is 115 Å². The van der Waals surface area contributed by atoms with Gasteiger partial charge in [0.15, 0.2) is 11.5 Å². The Hall–Kier alpha value is -3.69. The van der Waals surface area contributed by atoms with Crippen LogP contribution in [-0.4, -0.2) is 42.0 Å². The molecule has 8 nitrogen and oxygen atoms in total. The Kier molecular flexibility index (Phi) is 11.0. The minimum atomic E-state index is -1.76. The number of ether oxygens (including phenoxy) is 2. The number of nitrogens with one attached hydrogen (secondary N) is 2. The van der Waals surface area contributed by atoms with Gasteiger partial charge in [-0.2, -0.15) is 0 Å². The molecule has 4 unspecified atom stereocenters. The molecular formula is C37H45BrN2O6.